The molecule has 3 heteroatoms. The molecule has 5 aliphatic carbocycles. The summed E-state index contributed by atoms with van der Waals surface area (Å²) in [5.41, 5.74) is 7.72. The number of hydrogen-bond acceptors (Lipinski definition) is 2. The number of benzene rings is 1. The normalized spacial score (nSPS) is 44.5. The van der Waals surface area contributed by atoms with E-state index in [0.717, 1.165) is 32.1 Å². The molecule has 3 nitrogen and oxygen atoms in total. The van der Waals surface area contributed by atoms with Crippen molar-refractivity contribution in [1.82, 2.24) is 4.98 Å². The van der Waals surface area contributed by atoms with Gasteiger partial charge in [0.2, 0.25) is 0 Å². The van der Waals surface area contributed by atoms with Gasteiger partial charge in [0.1, 0.15) is 0 Å². The number of esters is 1. The van der Waals surface area contributed by atoms with Gasteiger partial charge in [-0.15, -0.1) is 0 Å². The number of aromatic amines is 1. The second kappa shape index (κ2) is 8.54. The van der Waals surface area contributed by atoms with Crippen molar-refractivity contribution >= 4 is 16.9 Å². The molecule has 0 saturated heterocycles. The van der Waals surface area contributed by atoms with Crippen LogP contribution >= 0.6 is 0 Å². The Morgan fingerprint density at radius 2 is 1.73 bits per heavy atom. The highest BCUT2D eigenvalue weighted by atomic mass is 16.5. The maximum Gasteiger partial charge on any atom is 0.312 e. The van der Waals surface area contributed by atoms with E-state index in [1.165, 1.54) is 41.4 Å². The van der Waals surface area contributed by atoms with Crippen molar-refractivity contribution in [3.8, 4) is 0 Å². The number of H-pyrrole nitrogens is 1. The molecule has 7 rings (SSSR count). The van der Waals surface area contributed by atoms with Crippen molar-refractivity contribution in [1.29, 1.82) is 0 Å². The van der Waals surface area contributed by atoms with Gasteiger partial charge in [0.05, 0.1) is 12.5 Å². The van der Waals surface area contributed by atoms with Crippen LogP contribution in [0.15, 0.2) is 29.8 Å². The van der Waals surface area contributed by atoms with E-state index in [1.54, 1.807) is 18.2 Å². The Hall–Kier alpha value is -2.03. The number of hydrogen-bond donors (Lipinski definition) is 1. The number of allylic oxidation sites excluding steroid dienone is 2. The quantitative estimate of drug-likeness (QED) is 0.281. The zero-order valence-electron chi connectivity index (χ0n) is 27.2. The van der Waals surface area contributed by atoms with Gasteiger partial charge >= 0.3 is 5.97 Å². The zero-order chi connectivity index (χ0) is 29.3. The number of ether oxygens (including phenoxy) is 1. The van der Waals surface area contributed by atoms with Gasteiger partial charge in [-0.3, -0.25) is 4.79 Å². The first-order chi connectivity index (χ1) is 19.2. The maximum absolute atomic E-state index is 13.6. The predicted molar refractivity (Wildman–Crippen MR) is 168 cm³/mol. The Morgan fingerprint density at radius 3 is 2.46 bits per heavy atom. The fraction of sp³-hybridized carbons (Fsp3) is 0.711. The van der Waals surface area contributed by atoms with Gasteiger partial charge in [-0.1, -0.05) is 71.7 Å². The average Bonchev–Trinajstić information content (AvgIpc) is 3.28. The van der Waals surface area contributed by atoms with Crippen molar-refractivity contribution in [2.24, 2.45) is 51.2 Å². The summed E-state index contributed by atoms with van der Waals surface area (Å²) in [7, 11) is 1.62. The molecule has 1 aromatic heterocycles. The van der Waals surface area contributed by atoms with E-state index in [4.69, 9.17) is 4.74 Å². The second-order valence-electron chi connectivity index (χ2n) is 16.7. The van der Waals surface area contributed by atoms with Crippen molar-refractivity contribution in [3.63, 3.8) is 0 Å². The molecule has 0 amide bonds. The SMILES string of the molecule is COC(=O)[C@]12CC[C@@H](C)[C@H](C)[C@H]1C1=CC[C@@H]3[C@@]4(C)Cc5c([nH]c6ccc(C)cc56)C(C)(C)[C@@H]4CC[C@@]3(C)[C@]1(C)CC2. The topological polar surface area (TPSA) is 42.1 Å². The monoisotopic (exact) mass is 555 g/mol. The van der Waals surface area contributed by atoms with Crippen LogP contribution in [0.1, 0.15) is 110 Å². The summed E-state index contributed by atoms with van der Waals surface area (Å²) in [5.74, 6) is 2.80. The predicted octanol–water partition coefficient (Wildman–Crippen LogP) is 9.32. The summed E-state index contributed by atoms with van der Waals surface area (Å²) >= 11 is 0. The Kier molecular flexibility index (Phi) is 5.78. The fourth-order valence-electron chi connectivity index (χ4n) is 12.5. The molecule has 1 N–H and O–H groups in total. The molecule has 0 radical (unpaired) electrons. The van der Waals surface area contributed by atoms with Crippen molar-refractivity contribution < 1.29 is 9.53 Å². The number of fused-ring (bicyclic) bond motifs is 10. The lowest BCUT2D eigenvalue weighted by Crippen LogP contribution is -2.65. The molecule has 2 aromatic rings. The Balaban J connectivity index is 1.37. The van der Waals surface area contributed by atoms with Crippen molar-refractivity contribution in [2.45, 2.75) is 112 Å². The summed E-state index contributed by atoms with van der Waals surface area (Å²) in [6, 6.07) is 6.97. The third kappa shape index (κ3) is 3.25. The first kappa shape index (κ1) is 27.8. The van der Waals surface area contributed by atoms with E-state index < -0.39 is 0 Å². The van der Waals surface area contributed by atoms with Crippen molar-refractivity contribution in [3.05, 3.63) is 46.7 Å². The third-order valence-corrected chi connectivity index (χ3v) is 15.0. The molecule has 41 heavy (non-hydrogen) atoms. The highest BCUT2D eigenvalue weighted by Gasteiger charge is 2.69. The molecule has 5 aliphatic rings. The number of carbonyl (C=O) groups is 1. The molecule has 0 bridgehead atoms. The number of carbonyl (C=O) groups excluding carboxylic acids is 1. The van der Waals surface area contributed by atoms with E-state index in [1.807, 2.05) is 0 Å². The Bertz CT molecular complexity index is 1460. The molecule has 1 heterocycles. The molecule has 9 atom stereocenters. The second-order valence-corrected chi connectivity index (χ2v) is 16.7. The van der Waals surface area contributed by atoms with E-state index in [-0.39, 0.29) is 33.0 Å². The van der Waals surface area contributed by atoms with Gasteiger partial charge in [0.25, 0.3) is 0 Å². The molecule has 0 unspecified atom stereocenters. The van der Waals surface area contributed by atoms with Crippen LogP contribution in [0.5, 0.6) is 0 Å². The molecular weight excluding hydrogens is 502 g/mol. The standard InChI is InChI=1S/C38H53NO2/c1-22-10-12-28-25(20-22)26-21-35(6)29(34(4,5)32(26)39-28)15-16-37(8)30(35)13-11-27-31-24(3)23(2)14-17-38(31,33(40)41-9)19-18-36(27,37)7/h10-12,20,23-24,29-31,39H,13-19,21H2,1-9H3/t23-,24+,29+,30-,31+,35+,36-,37-,38+/m1/s1. The summed E-state index contributed by atoms with van der Waals surface area (Å²) in [4.78, 5) is 17.5. The zero-order valence-corrected chi connectivity index (χ0v) is 27.2. The van der Waals surface area contributed by atoms with Crippen LogP contribution in [-0.4, -0.2) is 18.1 Å². The van der Waals surface area contributed by atoms with Gasteiger partial charge in [0.15, 0.2) is 0 Å². The van der Waals surface area contributed by atoms with Crippen LogP contribution in [0.4, 0.5) is 0 Å². The lowest BCUT2D eigenvalue weighted by atomic mass is 9.33. The minimum Gasteiger partial charge on any atom is -0.469 e. The molecule has 3 saturated carbocycles. The van der Waals surface area contributed by atoms with Gasteiger partial charge < -0.3 is 9.72 Å². The lowest BCUT2D eigenvalue weighted by Gasteiger charge is -2.70. The van der Waals surface area contributed by atoms with Gasteiger partial charge in [-0.25, -0.2) is 0 Å². The largest absolute Gasteiger partial charge is 0.469 e. The molecule has 3 fully saturated rings. The minimum absolute atomic E-state index is 0.0586. The Morgan fingerprint density at radius 1 is 0.976 bits per heavy atom. The highest BCUT2D eigenvalue weighted by molar-refractivity contribution is 5.86. The number of methoxy groups -OCH3 is 1. The van der Waals surface area contributed by atoms with Gasteiger partial charge in [-0.05, 0) is 122 Å². The highest BCUT2D eigenvalue weighted by Crippen LogP contribution is 2.75. The molecule has 222 valence electrons. The van der Waals surface area contributed by atoms with Crippen molar-refractivity contribution in [2.75, 3.05) is 7.11 Å². The third-order valence-electron chi connectivity index (χ3n) is 15.0. The van der Waals surface area contributed by atoms with Crippen LogP contribution in [0, 0.1) is 58.2 Å². The first-order valence-corrected chi connectivity index (χ1v) is 16.7. The molecule has 0 spiro atoms. The van der Waals surface area contributed by atoms with E-state index >= 15 is 0 Å². The van der Waals surface area contributed by atoms with Gasteiger partial charge in [-0.2, -0.15) is 0 Å². The summed E-state index contributed by atoms with van der Waals surface area (Å²) < 4.78 is 5.59. The summed E-state index contributed by atoms with van der Waals surface area (Å²) in [6.07, 6.45) is 11.8. The number of aryl methyl sites for hydroxylation is 1. The fourth-order valence-corrected chi connectivity index (χ4v) is 12.5. The van der Waals surface area contributed by atoms with Crippen LogP contribution in [0.25, 0.3) is 10.9 Å². The van der Waals surface area contributed by atoms with Crippen LogP contribution in [-0.2, 0) is 21.4 Å². The Labute approximate surface area is 248 Å². The summed E-state index contributed by atoms with van der Waals surface area (Å²) in [5, 5.41) is 1.45. The number of aromatic nitrogens is 1. The molecule has 0 aliphatic heterocycles. The minimum atomic E-state index is -0.333. The van der Waals surface area contributed by atoms with E-state index in [9.17, 15) is 4.79 Å². The summed E-state index contributed by atoms with van der Waals surface area (Å²) in [6.45, 7) is 20.1. The van der Waals surface area contributed by atoms with E-state index in [0.29, 0.717) is 29.6 Å². The van der Waals surface area contributed by atoms with Gasteiger partial charge in [0, 0.05) is 22.0 Å². The number of rotatable bonds is 1. The van der Waals surface area contributed by atoms with Crippen LogP contribution < -0.4 is 0 Å². The van der Waals surface area contributed by atoms with E-state index in [2.05, 4.69) is 84.6 Å². The average molecular weight is 556 g/mol. The lowest BCUT2D eigenvalue weighted by molar-refractivity contribution is -0.181. The van der Waals surface area contributed by atoms with Crippen LogP contribution in [0.3, 0.4) is 0 Å². The number of nitrogens with one attached hydrogen (secondary N) is 1. The van der Waals surface area contributed by atoms with Crippen LogP contribution in [0.2, 0.25) is 0 Å². The first-order valence-electron chi connectivity index (χ1n) is 16.7. The molecule has 1 aromatic carbocycles. The molecular formula is C38H53NO2. The maximum atomic E-state index is 13.6. The smallest absolute Gasteiger partial charge is 0.312 e.